The molecule has 0 aliphatic carbocycles. The third-order valence-electron chi connectivity index (χ3n) is 3.51. The lowest BCUT2D eigenvalue weighted by Crippen LogP contribution is -2.39. The molecule has 1 fully saturated rings. The summed E-state index contributed by atoms with van der Waals surface area (Å²) in [5.41, 5.74) is 0.518. The summed E-state index contributed by atoms with van der Waals surface area (Å²) in [7, 11) is 0. The quantitative estimate of drug-likeness (QED) is 0.792. The summed E-state index contributed by atoms with van der Waals surface area (Å²) in [5, 5.41) is 20.5. The molecule has 0 radical (unpaired) electrons. The second-order valence-corrected chi connectivity index (χ2v) is 4.84. The van der Waals surface area contributed by atoms with Crippen molar-refractivity contribution in [2.75, 3.05) is 0 Å². The zero-order chi connectivity index (χ0) is 15.0. The number of carboxylic acids is 1. The van der Waals surface area contributed by atoms with E-state index in [1.807, 2.05) is 0 Å². The molecule has 0 saturated carbocycles. The number of aromatic nitrogens is 2. The SMILES string of the molecule is O=C1CCC(c2nncc3ccc(C(=O)O)cc23)C(=O)N1. The molecular formula is C14H11N3O4. The van der Waals surface area contributed by atoms with Gasteiger partial charge in [-0.3, -0.25) is 14.9 Å². The van der Waals surface area contributed by atoms with Gasteiger partial charge in [0.2, 0.25) is 11.8 Å². The Morgan fingerprint density at radius 3 is 2.86 bits per heavy atom. The summed E-state index contributed by atoms with van der Waals surface area (Å²) >= 11 is 0. The average molecular weight is 285 g/mol. The number of benzene rings is 1. The lowest BCUT2D eigenvalue weighted by atomic mass is 9.91. The molecule has 2 heterocycles. The van der Waals surface area contributed by atoms with Crippen LogP contribution in [0.3, 0.4) is 0 Å². The Morgan fingerprint density at radius 2 is 2.14 bits per heavy atom. The van der Waals surface area contributed by atoms with Crippen molar-refractivity contribution in [3.63, 3.8) is 0 Å². The van der Waals surface area contributed by atoms with Gasteiger partial charge in [-0.1, -0.05) is 6.07 Å². The van der Waals surface area contributed by atoms with Crippen molar-refractivity contribution in [3.8, 4) is 0 Å². The number of hydrogen-bond acceptors (Lipinski definition) is 5. The smallest absolute Gasteiger partial charge is 0.335 e. The maximum atomic E-state index is 12.0. The highest BCUT2D eigenvalue weighted by Crippen LogP contribution is 2.29. The second kappa shape index (κ2) is 4.93. The van der Waals surface area contributed by atoms with Crippen LogP contribution < -0.4 is 5.32 Å². The minimum Gasteiger partial charge on any atom is -0.478 e. The van der Waals surface area contributed by atoms with Gasteiger partial charge in [-0.25, -0.2) is 4.79 Å². The first-order valence-electron chi connectivity index (χ1n) is 6.38. The van der Waals surface area contributed by atoms with Gasteiger partial charge in [0.15, 0.2) is 0 Å². The number of nitrogens with one attached hydrogen (secondary N) is 1. The summed E-state index contributed by atoms with van der Waals surface area (Å²) in [6.07, 6.45) is 2.08. The van der Waals surface area contributed by atoms with E-state index < -0.39 is 17.8 Å². The van der Waals surface area contributed by atoms with Crippen LogP contribution in [-0.2, 0) is 9.59 Å². The lowest BCUT2D eigenvalue weighted by molar-refractivity contribution is -0.134. The van der Waals surface area contributed by atoms with Crippen molar-refractivity contribution >= 4 is 28.6 Å². The predicted octanol–water partition coefficient (Wildman–Crippen LogP) is 0.848. The normalized spacial score (nSPS) is 18.6. The predicted molar refractivity (Wildman–Crippen MR) is 71.6 cm³/mol. The maximum absolute atomic E-state index is 12.0. The summed E-state index contributed by atoms with van der Waals surface area (Å²) in [4.78, 5) is 34.2. The van der Waals surface area contributed by atoms with Crippen LogP contribution in [0.15, 0.2) is 24.4 Å². The number of amides is 2. The summed E-state index contributed by atoms with van der Waals surface area (Å²) in [6.45, 7) is 0. The van der Waals surface area contributed by atoms with Crippen LogP contribution in [0.2, 0.25) is 0 Å². The molecule has 21 heavy (non-hydrogen) atoms. The molecule has 7 heteroatoms. The molecule has 106 valence electrons. The largest absolute Gasteiger partial charge is 0.478 e. The van der Waals surface area contributed by atoms with E-state index in [1.54, 1.807) is 6.07 Å². The van der Waals surface area contributed by atoms with Gasteiger partial charge in [-0.05, 0) is 18.6 Å². The lowest BCUT2D eigenvalue weighted by Gasteiger charge is -2.20. The fourth-order valence-electron chi connectivity index (χ4n) is 2.44. The number of carbonyl (C=O) groups is 3. The van der Waals surface area contributed by atoms with E-state index in [1.165, 1.54) is 18.3 Å². The third-order valence-corrected chi connectivity index (χ3v) is 3.51. The van der Waals surface area contributed by atoms with Gasteiger partial charge in [-0.2, -0.15) is 10.2 Å². The van der Waals surface area contributed by atoms with Crippen molar-refractivity contribution in [2.45, 2.75) is 18.8 Å². The van der Waals surface area contributed by atoms with Gasteiger partial charge in [0, 0.05) is 17.2 Å². The number of rotatable bonds is 2. The standard InChI is InChI=1S/C14H11N3O4/c18-11-4-3-9(13(19)16-11)12-10-5-7(14(20)21)1-2-8(10)6-15-17-12/h1-2,5-6,9H,3-4H2,(H,20,21)(H,16,18,19). The van der Waals surface area contributed by atoms with Gasteiger partial charge < -0.3 is 5.11 Å². The Labute approximate surface area is 119 Å². The topological polar surface area (TPSA) is 109 Å². The summed E-state index contributed by atoms with van der Waals surface area (Å²) in [6, 6.07) is 4.58. The highest BCUT2D eigenvalue weighted by atomic mass is 16.4. The first kappa shape index (κ1) is 13.2. The molecule has 2 amide bonds. The van der Waals surface area contributed by atoms with Gasteiger partial charge >= 0.3 is 5.97 Å². The number of carbonyl (C=O) groups excluding carboxylic acids is 2. The number of imide groups is 1. The Morgan fingerprint density at radius 1 is 1.33 bits per heavy atom. The first-order valence-corrected chi connectivity index (χ1v) is 6.38. The Balaban J connectivity index is 2.13. The van der Waals surface area contributed by atoms with E-state index >= 15 is 0 Å². The molecule has 1 unspecified atom stereocenters. The van der Waals surface area contributed by atoms with Crippen LogP contribution in [0, 0.1) is 0 Å². The van der Waals surface area contributed by atoms with Crippen molar-refractivity contribution in [2.24, 2.45) is 0 Å². The third kappa shape index (κ3) is 2.33. The van der Waals surface area contributed by atoms with Gasteiger partial charge in [0.1, 0.15) is 0 Å². The summed E-state index contributed by atoms with van der Waals surface area (Å²) < 4.78 is 0. The fraction of sp³-hybridized carbons (Fsp3) is 0.214. The molecule has 1 aliphatic heterocycles. The van der Waals surface area contributed by atoms with Crippen molar-refractivity contribution in [1.82, 2.24) is 15.5 Å². The van der Waals surface area contributed by atoms with Crippen molar-refractivity contribution in [3.05, 3.63) is 35.7 Å². The average Bonchev–Trinajstić information content (AvgIpc) is 2.46. The Bertz CT molecular complexity index is 772. The second-order valence-electron chi connectivity index (χ2n) is 4.84. The molecule has 3 rings (SSSR count). The number of carboxylic acid groups (broad SMARTS) is 1. The zero-order valence-corrected chi connectivity index (χ0v) is 10.9. The van der Waals surface area contributed by atoms with E-state index in [0.717, 1.165) is 0 Å². The van der Waals surface area contributed by atoms with E-state index in [9.17, 15) is 14.4 Å². The summed E-state index contributed by atoms with van der Waals surface area (Å²) in [5.74, 6) is -2.38. The van der Waals surface area contributed by atoms with Crippen LogP contribution in [0.4, 0.5) is 0 Å². The molecule has 0 spiro atoms. The molecule has 0 bridgehead atoms. The minimum atomic E-state index is -1.05. The number of piperidine rings is 1. The molecule has 2 aromatic rings. The number of hydrogen-bond donors (Lipinski definition) is 2. The van der Waals surface area contributed by atoms with Gasteiger partial charge in [-0.15, -0.1) is 0 Å². The minimum absolute atomic E-state index is 0.115. The van der Waals surface area contributed by atoms with Gasteiger partial charge in [0.25, 0.3) is 0 Å². The molecule has 1 saturated heterocycles. The van der Waals surface area contributed by atoms with Crippen LogP contribution in [-0.4, -0.2) is 33.1 Å². The molecule has 2 N–H and O–H groups in total. The van der Waals surface area contributed by atoms with Gasteiger partial charge in [0.05, 0.1) is 23.4 Å². The van der Waals surface area contributed by atoms with E-state index in [4.69, 9.17) is 5.11 Å². The molecule has 1 aromatic heterocycles. The number of nitrogens with zero attached hydrogens (tertiary/aromatic N) is 2. The molecule has 1 atom stereocenters. The van der Waals surface area contributed by atoms with Crippen LogP contribution in [0.25, 0.3) is 10.8 Å². The van der Waals surface area contributed by atoms with E-state index in [-0.39, 0.29) is 17.9 Å². The van der Waals surface area contributed by atoms with E-state index in [0.29, 0.717) is 22.9 Å². The highest BCUT2D eigenvalue weighted by molar-refractivity contribution is 6.03. The Hall–Kier alpha value is -2.83. The molecule has 1 aliphatic rings. The highest BCUT2D eigenvalue weighted by Gasteiger charge is 2.30. The number of aromatic carboxylic acids is 1. The molecule has 7 nitrogen and oxygen atoms in total. The van der Waals surface area contributed by atoms with Crippen molar-refractivity contribution in [1.29, 1.82) is 0 Å². The van der Waals surface area contributed by atoms with Crippen LogP contribution in [0.1, 0.15) is 34.8 Å². The van der Waals surface area contributed by atoms with Crippen molar-refractivity contribution < 1.29 is 19.5 Å². The first-order chi connectivity index (χ1) is 10.1. The fourth-order valence-corrected chi connectivity index (χ4v) is 2.44. The molecule has 1 aromatic carbocycles. The van der Waals surface area contributed by atoms with E-state index in [2.05, 4.69) is 15.5 Å². The molecular weight excluding hydrogens is 274 g/mol. The maximum Gasteiger partial charge on any atom is 0.335 e. The van der Waals surface area contributed by atoms with Crippen LogP contribution in [0.5, 0.6) is 0 Å². The zero-order valence-electron chi connectivity index (χ0n) is 10.9. The monoisotopic (exact) mass is 285 g/mol. The Kier molecular flexibility index (Phi) is 3.09. The number of fused-ring (bicyclic) bond motifs is 1. The van der Waals surface area contributed by atoms with Crippen LogP contribution >= 0.6 is 0 Å².